The van der Waals surface area contributed by atoms with Gasteiger partial charge in [-0.05, 0) is 94.5 Å². The minimum Gasteiger partial charge on any atom is -0.388 e. The van der Waals surface area contributed by atoms with Gasteiger partial charge < -0.3 is 24.7 Å². The van der Waals surface area contributed by atoms with Crippen molar-refractivity contribution < 1.29 is 14.7 Å². The Bertz CT molecular complexity index is 1350. The molecule has 1 N–H and O–H groups in total. The molecule has 0 spiro atoms. The lowest BCUT2D eigenvalue weighted by atomic mass is 9.90. The number of likely N-dealkylation sites (tertiary alicyclic amines) is 2. The van der Waals surface area contributed by atoms with Crippen molar-refractivity contribution in [3.8, 4) is 0 Å². The number of amides is 2. The van der Waals surface area contributed by atoms with E-state index < -0.39 is 5.60 Å². The molecule has 1 aromatic carbocycles. The number of hydrogen-bond acceptors (Lipinski definition) is 6. The lowest BCUT2D eigenvalue weighted by Gasteiger charge is -2.41. The van der Waals surface area contributed by atoms with Gasteiger partial charge in [-0.25, -0.2) is 0 Å². The minimum atomic E-state index is -0.717. The molecule has 5 aliphatic rings. The molecule has 1 saturated carbocycles. The van der Waals surface area contributed by atoms with Crippen LogP contribution in [0.15, 0.2) is 18.2 Å². The van der Waals surface area contributed by atoms with Gasteiger partial charge in [0.2, 0.25) is 5.91 Å². The predicted octanol–water partition coefficient (Wildman–Crippen LogP) is 2.96. The quantitative estimate of drug-likeness (QED) is 0.571. The number of aryl methyl sites for hydroxylation is 1. The van der Waals surface area contributed by atoms with Gasteiger partial charge in [0, 0.05) is 62.8 Å². The minimum absolute atomic E-state index is 0.0211. The van der Waals surface area contributed by atoms with E-state index in [4.69, 9.17) is 5.10 Å². The predicted molar refractivity (Wildman–Crippen MR) is 162 cm³/mol. The number of nitrogens with zero attached hydrogens (tertiary/aromatic N) is 6. The van der Waals surface area contributed by atoms with E-state index in [0.717, 1.165) is 50.3 Å². The van der Waals surface area contributed by atoms with Crippen molar-refractivity contribution in [2.45, 2.75) is 76.9 Å². The van der Waals surface area contributed by atoms with Gasteiger partial charge in [0.25, 0.3) is 5.91 Å². The number of carbonyl (C=O) groups excluding carboxylic acids is 2. The van der Waals surface area contributed by atoms with Gasteiger partial charge in [0.15, 0.2) is 5.69 Å². The second-order valence-electron chi connectivity index (χ2n) is 13.6. The lowest BCUT2D eigenvalue weighted by molar-refractivity contribution is -0.132. The number of benzene rings is 1. The van der Waals surface area contributed by atoms with Gasteiger partial charge in [0.05, 0.1) is 5.60 Å². The summed E-state index contributed by atoms with van der Waals surface area (Å²) in [4.78, 5) is 35.9. The first-order valence-electron chi connectivity index (χ1n) is 16.2. The number of aliphatic hydroxyl groups is 1. The average molecular weight is 575 g/mol. The standard InChI is InChI=1S/C33H46N6O3/c1-23-7-6-8-27(24(23)2)36-15-17-37(18-16-36)29(40)21-39-28-20-25-19-26(25)30(28)31(34-39)32(41)38-13-9-33(42,10-14-38)22-35-11-4-3-5-12-35/h6-8,25-26,42H,3-5,9-22H2,1-2H3/t25-,26-/m1/s1. The molecule has 42 heavy (non-hydrogen) atoms. The molecular formula is C33H46N6O3. The van der Waals surface area contributed by atoms with Crippen LogP contribution in [0.2, 0.25) is 0 Å². The van der Waals surface area contributed by atoms with Crippen LogP contribution in [0.25, 0.3) is 0 Å². The van der Waals surface area contributed by atoms with Gasteiger partial charge in [-0.3, -0.25) is 14.3 Å². The molecule has 2 aliphatic carbocycles. The Morgan fingerprint density at radius 1 is 0.952 bits per heavy atom. The molecule has 9 nitrogen and oxygen atoms in total. The molecule has 0 radical (unpaired) electrons. The Morgan fingerprint density at radius 3 is 2.43 bits per heavy atom. The molecule has 3 aliphatic heterocycles. The molecule has 0 bridgehead atoms. The van der Waals surface area contributed by atoms with Crippen LogP contribution in [0, 0.1) is 19.8 Å². The summed E-state index contributed by atoms with van der Waals surface area (Å²) in [6, 6.07) is 6.43. The Hall–Kier alpha value is -2.91. The number of fused-ring (bicyclic) bond motifs is 3. The number of β-amino-alcohol motifs (C(OH)–C–C–N with tert-alkyl or cyclic N) is 1. The van der Waals surface area contributed by atoms with E-state index >= 15 is 0 Å². The number of piperidine rings is 2. The van der Waals surface area contributed by atoms with Gasteiger partial charge in [-0.2, -0.15) is 5.10 Å². The maximum absolute atomic E-state index is 13.8. The highest BCUT2D eigenvalue weighted by atomic mass is 16.3. The highest BCUT2D eigenvalue weighted by molar-refractivity contribution is 5.95. The normalized spacial score (nSPS) is 25.4. The van der Waals surface area contributed by atoms with Gasteiger partial charge in [-0.1, -0.05) is 18.6 Å². The van der Waals surface area contributed by atoms with Crippen molar-refractivity contribution in [1.29, 1.82) is 0 Å². The van der Waals surface area contributed by atoms with Crippen LogP contribution in [-0.2, 0) is 17.8 Å². The fourth-order valence-electron chi connectivity index (χ4n) is 7.95. The lowest BCUT2D eigenvalue weighted by Crippen LogP contribution is -2.53. The first-order valence-corrected chi connectivity index (χ1v) is 16.2. The van der Waals surface area contributed by atoms with E-state index in [2.05, 4.69) is 41.8 Å². The van der Waals surface area contributed by atoms with Crippen LogP contribution in [0.3, 0.4) is 0 Å². The first kappa shape index (κ1) is 27.9. The van der Waals surface area contributed by atoms with Gasteiger partial charge in [-0.15, -0.1) is 0 Å². The van der Waals surface area contributed by atoms with Crippen molar-refractivity contribution in [2.75, 3.05) is 63.8 Å². The molecule has 2 aromatic rings. The van der Waals surface area contributed by atoms with Crippen LogP contribution in [-0.4, -0.2) is 106 Å². The fraction of sp³-hybridized carbons (Fsp3) is 0.667. The summed E-state index contributed by atoms with van der Waals surface area (Å²) in [7, 11) is 0. The third-order valence-electron chi connectivity index (χ3n) is 10.8. The van der Waals surface area contributed by atoms with E-state index in [1.165, 1.54) is 36.1 Å². The maximum Gasteiger partial charge on any atom is 0.274 e. The molecule has 2 atom stereocenters. The van der Waals surface area contributed by atoms with E-state index in [1.54, 1.807) is 0 Å². The molecule has 4 fully saturated rings. The third kappa shape index (κ3) is 5.23. The zero-order valence-electron chi connectivity index (χ0n) is 25.4. The highest BCUT2D eigenvalue weighted by Crippen LogP contribution is 2.57. The summed E-state index contributed by atoms with van der Waals surface area (Å²) in [6.07, 6.45) is 6.97. The molecule has 226 valence electrons. The largest absolute Gasteiger partial charge is 0.388 e. The third-order valence-corrected chi connectivity index (χ3v) is 10.8. The summed E-state index contributed by atoms with van der Waals surface area (Å²) in [5, 5.41) is 16.1. The second-order valence-corrected chi connectivity index (χ2v) is 13.6. The van der Waals surface area contributed by atoms with Crippen LogP contribution >= 0.6 is 0 Å². The zero-order valence-corrected chi connectivity index (χ0v) is 25.4. The van der Waals surface area contributed by atoms with Gasteiger partial charge >= 0.3 is 0 Å². The monoisotopic (exact) mass is 574 g/mol. The van der Waals surface area contributed by atoms with Crippen LogP contribution in [0.4, 0.5) is 5.69 Å². The maximum atomic E-state index is 13.8. The zero-order chi connectivity index (χ0) is 29.0. The highest BCUT2D eigenvalue weighted by Gasteiger charge is 2.51. The van der Waals surface area contributed by atoms with E-state index in [9.17, 15) is 14.7 Å². The number of hydrogen-bond donors (Lipinski definition) is 1. The molecule has 0 unspecified atom stereocenters. The molecule has 7 rings (SSSR count). The number of aromatic nitrogens is 2. The van der Waals surface area contributed by atoms with Crippen LogP contribution in [0.5, 0.6) is 0 Å². The number of anilines is 1. The smallest absolute Gasteiger partial charge is 0.274 e. The van der Waals surface area contributed by atoms with E-state index in [-0.39, 0.29) is 18.4 Å². The van der Waals surface area contributed by atoms with Crippen LogP contribution < -0.4 is 4.90 Å². The molecular weight excluding hydrogens is 528 g/mol. The number of piperazine rings is 1. The van der Waals surface area contributed by atoms with Crippen molar-refractivity contribution in [3.63, 3.8) is 0 Å². The Balaban J connectivity index is 0.992. The molecule has 9 heteroatoms. The van der Waals surface area contributed by atoms with E-state index in [0.29, 0.717) is 63.1 Å². The van der Waals surface area contributed by atoms with Crippen molar-refractivity contribution >= 4 is 17.5 Å². The average Bonchev–Trinajstić information content (AvgIpc) is 3.52. The Morgan fingerprint density at radius 2 is 1.69 bits per heavy atom. The molecule has 4 heterocycles. The second kappa shape index (κ2) is 11.0. The van der Waals surface area contributed by atoms with Crippen molar-refractivity contribution in [3.05, 3.63) is 46.3 Å². The van der Waals surface area contributed by atoms with Crippen LogP contribution in [0.1, 0.15) is 77.3 Å². The molecule has 2 amide bonds. The molecule has 1 aromatic heterocycles. The fourth-order valence-corrected chi connectivity index (χ4v) is 7.95. The topological polar surface area (TPSA) is 85.2 Å². The summed E-state index contributed by atoms with van der Waals surface area (Å²) in [5.74, 6) is 1.08. The number of rotatable bonds is 6. The van der Waals surface area contributed by atoms with Crippen molar-refractivity contribution in [1.82, 2.24) is 24.5 Å². The summed E-state index contributed by atoms with van der Waals surface area (Å²) < 4.78 is 1.85. The van der Waals surface area contributed by atoms with E-state index in [1.807, 2.05) is 14.5 Å². The SMILES string of the molecule is Cc1cccc(N2CCN(C(=O)Cn3nc(C(=O)N4CCC(O)(CN5CCCCC5)CC4)c4c3C[C@H]3C[C@@H]43)CC2)c1C. The van der Waals surface area contributed by atoms with Gasteiger partial charge in [0.1, 0.15) is 6.54 Å². The Kier molecular flexibility index (Phi) is 7.29. The summed E-state index contributed by atoms with van der Waals surface area (Å²) >= 11 is 0. The summed E-state index contributed by atoms with van der Waals surface area (Å²) in [6.45, 7) is 11.5. The first-order chi connectivity index (χ1) is 20.3. The molecule has 3 saturated heterocycles. The van der Waals surface area contributed by atoms with Crippen molar-refractivity contribution in [2.24, 2.45) is 5.92 Å². The summed E-state index contributed by atoms with van der Waals surface area (Å²) in [5.41, 5.74) is 5.90. The Labute approximate surface area is 249 Å². The number of carbonyl (C=O) groups is 2.